The lowest BCUT2D eigenvalue weighted by Crippen LogP contribution is -2.12. The molecule has 2 aromatic heterocycles. The van der Waals surface area contributed by atoms with Gasteiger partial charge in [-0.1, -0.05) is 6.07 Å². The zero-order chi connectivity index (χ0) is 15.5. The van der Waals surface area contributed by atoms with E-state index >= 15 is 0 Å². The van der Waals surface area contributed by atoms with Crippen LogP contribution in [-0.2, 0) is 0 Å². The molecule has 0 atom stereocenters. The molecule has 0 unspecified atom stereocenters. The summed E-state index contributed by atoms with van der Waals surface area (Å²) in [6.45, 7) is 1.73. The van der Waals surface area contributed by atoms with Gasteiger partial charge in [-0.05, 0) is 48.7 Å². The second kappa shape index (κ2) is 5.99. The maximum Gasteiger partial charge on any atom is 0.259 e. The van der Waals surface area contributed by atoms with Gasteiger partial charge in [-0.3, -0.25) is 9.59 Å². The molecule has 22 heavy (non-hydrogen) atoms. The van der Waals surface area contributed by atoms with Gasteiger partial charge < -0.3 is 9.73 Å². The molecule has 0 aliphatic heterocycles. The molecule has 3 aromatic rings. The SMILES string of the molecule is Cc1occc1C(=O)Nc1ccc(C(=O)c2cccs2)cc1. The fraction of sp³-hybridized carbons (Fsp3) is 0.0588. The third-order valence-electron chi connectivity index (χ3n) is 3.25. The molecule has 5 heteroatoms. The van der Waals surface area contributed by atoms with Gasteiger partial charge in [0, 0.05) is 11.3 Å². The smallest absolute Gasteiger partial charge is 0.259 e. The van der Waals surface area contributed by atoms with Gasteiger partial charge in [0.25, 0.3) is 5.91 Å². The summed E-state index contributed by atoms with van der Waals surface area (Å²) in [5.74, 6) is 0.323. The molecular weight excluding hydrogens is 298 g/mol. The summed E-state index contributed by atoms with van der Waals surface area (Å²) in [5, 5.41) is 4.65. The van der Waals surface area contributed by atoms with Crippen LogP contribution in [0.3, 0.4) is 0 Å². The Kier molecular flexibility index (Phi) is 3.89. The van der Waals surface area contributed by atoms with E-state index in [4.69, 9.17) is 4.42 Å². The number of benzene rings is 1. The quantitative estimate of drug-likeness (QED) is 0.737. The number of hydrogen-bond acceptors (Lipinski definition) is 4. The fourth-order valence-electron chi connectivity index (χ4n) is 2.07. The second-order valence-corrected chi connectivity index (χ2v) is 5.68. The number of carbonyl (C=O) groups is 2. The lowest BCUT2D eigenvalue weighted by molar-refractivity contribution is 0.102. The van der Waals surface area contributed by atoms with Crippen molar-refractivity contribution in [3.8, 4) is 0 Å². The summed E-state index contributed by atoms with van der Waals surface area (Å²) in [5.41, 5.74) is 1.73. The van der Waals surface area contributed by atoms with Crippen LogP contribution >= 0.6 is 11.3 Å². The molecule has 1 aromatic carbocycles. The van der Waals surface area contributed by atoms with Gasteiger partial charge in [0.05, 0.1) is 16.7 Å². The van der Waals surface area contributed by atoms with Crippen molar-refractivity contribution in [1.29, 1.82) is 0 Å². The summed E-state index contributed by atoms with van der Waals surface area (Å²) in [7, 11) is 0. The molecule has 0 saturated heterocycles. The van der Waals surface area contributed by atoms with Crippen LogP contribution in [0.2, 0.25) is 0 Å². The van der Waals surface area contributed by atoms with Crippen LogP contribution in [0.15, 0.2) is 58.5 Å². The Morgan fingerprint density at radius 1 is 1.09 bits per heavy atom. The molecule has 1 N–H and O–H groups in total. The number of hydrogen-bond donors (Lipinski definition) is 1. The third-order valence-corrected chi connectivity index (χ3v) is 4.12. The van der Waals surface area contributed by atoms with Crippen LogP contribution in [0.25, 0.3) is 0 Å². The van der Waals surface area contributed by atoms with Crippen molar-refractivity contribution in [3.05, 3.63) is 75.9 Å². The molecule has 0 radical (unpaired) electrons. The summed E-state index contributed by atoms with van der Waals surface area (Å²) >= 11 is 1.41. The average molecular weight is 311 g/mol. The fourth-order valence-corrected chi connectivity index (χ4v) is 2.76. The standard InChI is InChI=1S/C17H13NO3S/c1-11-14(8-9-21-11)17(20)18-13-6-4-12(5-7-13)16(19)15-3-2-10-22-15/h2-10H,1H3,(H,18,20). The number of anilines is 1. The molecule has 0 fully saturated rings. The zero-order valence-electron chi connectivity index (χ0n) is 11.8. The number of ketones is 1. The Bertz CT molecular complexity index is 801. The highest BCUT2D eigenvalue weighted by molar-refractivity contribution is 7.12. The number of nitrogens with one attached hydrogen (secondary N) is 1. The Morgan fingerprint density at radius 3 is 2.45 bits per heavy atom. The van der Waals surface area contributed by atoms with Crippen LogP contribution in [-0.4, -0.2) is 11.7 Å². The minimum atomic E-state index is -0.233. The molecule has 1 amide bonds. The molecule has 3 rings (SSSR count). The number of aryl methyl sites for hydroxylation is 1. The van der Waals surface area contributed by atoms with Gasteiger partial charge in [-0.15, -0.1) is 11.3 Å². The van der Waals surface area contributed by atoms with Crippen molar-refractivity contribution in [3.63, 3.8) is 0 Å². The zero-order valence-corrected chi connectivity index (χ0v) is 12.6. The van der Waals surface area contributed by atoms with Crippen LogP contribution in [0.4, 0.5) is 5.69 Å². The Labute approximate surface area is 131 Å². The third kappa shape index (κ3) is 2.84. The number of carbonyl (C=O) groups excluding carboxylic acids is 2. The number of thiophene rings is 1. The molecule has 0 aliphatic rings. The van der Waals surface area contributed by atoms with Gasteiger partial charge in [0.15, 0.2) is 0 Å². The summed E-state index contributed by atoms with van der Waals surface area (Å²) in [6, 6.07) is 12.1. The van der Waals surface area contributed by atoms with E-state index in [0.717, 1.165) is 0 Å². The van der Waals surface area contributed by atoms with E-state index in [1.807, 2.05) is 11.4 Å². The van der Waals surface area contributed by atoms with E-state index in [0.29, 0.717) is 27.5 Å². The predicted molar refractivity (Wildman–Crippen MR) is 85.6 cm³/mol. The summed E-state index contributed by atoms with van der Waals surface area (Å²) in [6.07, 6.45) is 1.48. The lowest BCUT2D eigenvalue weighted by atomic mass is 10.1. The van der Waals surface area contributed by atoms with Gasteiger partial charge in [-0.25, -0.2) is 0 Å². The lowest BCUT2D eigenvalue weighted by Gasteiger charge is -2.05. The molecule has 110 valence electrons. The first kappa shape index (κ1) is 14.3. The van der Waals surface area contributed by atoms with Crippen molar-refractivity contribution in [1.82, 2.24) is 0 Å². The maximum atomic E-state index is 12.2. The Morgan fingerprint density at radius 2 is 1.86 bits per heavy atom. The van der Waals surface area contributed by atoms with Crippen molar-refractivity contribution in [2.75, 3.05) is 5.32 Å². The monoisotopic (exact) mass is 311 g/mol. The van der Waals surface area contributed by atoms with E-state index in [-0.39, 0.29) is 11.7 Å². The van der Waals surface area contributed by atoms with Gasteiger partial charge in [0.1, 0.15) is 5.76 Å². The minimum Gasteiger partial charge on any atom is -0.469 e. The van der Waals surface area contributed by atoms with E-state index in [1.54, 1.807) is 43.3 Å². The predicted octanol–water partition coefficient (Wildman–Crippen LogP) is 4.13. The molecular formula is C17H13NO3S. The Hall–Kier alpha value is -2.66. The molecule has 0 bridgehead atoms. The highest BCUT2D eigenvalue weighted by atomic mass is 32.1. The van der Waals surface area contributed by atoms with E-state index in [2.05, 4.69) is 5.32 Å². The number of furan rings is 1. The minimum absolute atomic E-state index is 0.0152. The van der Waals surface area contributed by atoms with Gasteiger partial charge >= 0.3 is 0 Å². The highest BCUT2D eigenvalue weighted by Crippen LogP contribution is 2.18. The molecule has 2 heterocycles. The Balaban J connectivity index is 1.73. The summed E-state index contributed by atoms with van der Waals surface area (Å²) < 4.78 is 5.11. The van der Waals surface area contributed by atoms with Crippen LogP contribution < -0.4 is 5.32 Å². The molecule has 4 nitrogen and oxygen atoms in total. The summed E-state index contributed by atoms with van der Waals surface area (Å²) in [4.78, 5) is 24.9. The van der Waals surface area contributed by atoms with Crippen molar-refractivity contribution in [2.45, 2.75) is 6.92 Å². The van der Waals surface area contributed by atoms with Gasteiger partial charge in [-0.2, -0.15) is 0 Å². The van der Waals surface area contributed by atoms with Crippen LogP contribution in [0, 0.1) is 6.92 Å². The first-order valence-electron chi connectivity index (χ1n) is 6.69. The molecule has 0 saturated carbocycles. The van der Waals surface area contributed by atoms with Crippen molar-refractivity contribution >= 4 is 28.7 Å². The molecule has 0 spiro atoms. The van der Waals surface area contributed by atoms with Crippen molar-refractivity contribution < 1.29 is 14.0 Å². The maximum absolute atomic E-state index is 12.2. The first-order chi connectivity index (χ1) is 10.6. The van der Waals surface area contributed by atoms with Crippen LogP contribution in [0.1, 0.15) is 31.4 Å². The van der Waals surface area contributed by atoms with E-state index in [9.17, 15) is 9.59 Å². The average Bonchev–Trinajstić information content (AvgIpc) is 3.18. The molecule has 0 aliphatic carbocycles. The topological polar surface area (TPSA) is 59.3 Å². The first-order valence-corrected chi connectivity index (χ1v) is 7.57. The van der Waals surface area contributed by atoms with E-state index < -0.39 is 0 Å². The number of amides is 1. The second-order valence-electron chi connectivity index (χ2n) is 4.73. The normalized spacial score (nSPS) is 10.4. The van der Waals surface area contributed by atoms with E-state index in [1.165, 1.54) is 17.6 Å². The highest BCUT2D eigenvalue weighted by Gasteiger charge is 2.13. The van der Waals surface area contributed by atoms with Crippen molar-refractivity contribution in [2.24, 2.45) is 0 Å². The largest absolute Gasteiger partial charge is 0.469 e. The number of rotatable bonds is 4. The van der Waals surface area contributed by atoms with Crippen LogP contribution in [0.5, 0.6) is 0 Å². The van der Waals surface area contributed by atoms with Gasteiger partial charge in [0.2, 0.25) is 5.78 Å².